The van der Waals surface area contributed by atoms with Crippen molar-refractivity contribution >= 4 is 38.5 Å². The van der Waals surface area contributed by atoms with Gasteiger partial charge in [0.05, 0.1) is 17.0 Å². The number of halogens is 1. The van der Waals surface area contributed by atoms with E-state index in [1.165, 1.54) is 13.1 Å². The van der Waals surface area contributed by atoms with E-state index in [0.29, 0.717) is 0 Å². The molecule has 8 nitrogen and oxygen atoms in total. The Morgan fingerprint density at radius 3 is 2.68 bits per heavy atom. The number of nitrogens with zero attached hydrogens (tertiary/aromatic N) is 2. The average molecular weight is 371 g/mol. The smallest absolute Gasteiger partial charge is 0.342 e. The fourth-order valence-corrected chi connectivity index (χ4v) is 2.84. The van der Waals surface area contributed by atoms with Crippen LogP contribution >= 0.6 is 15.9 Å². The first-order valence-electron chi connectivity index (χ1n) is 6.16. The summed E-state index contributed by atoms with van der Waals surface area (Å²) in [5, 5.41) is 21.0. The largest absolute Gasteiger partial charge is 0.502 e. The Kier molecular flexibility index (Phi) is 4.18. The van der Waals surface area contributed by atoms with Crippen LogP contribution in [0.5, 0.6) is 5.75 Å². The molecule has 0 saturated heterocycles. The van der Waals surface area contributed by atoms with Crippen molar-refractivity contribution in [1.82, 2.24) is 4.57 Å². The lowest BCUT2D eigenvalue weighted by Gasteiger charge is -2.12. The molecule has 0 amide bonds. The molecule has 0 fully saturated rings. The Morgan fingerprint density at radius 2 is 2.14 bits per heavy atom. The van der Waals surface area contributed by atoms with Crippen molar-refractivity contribution in [3.8, 4) is 5.75 Å². The zero-order chi connectivity index (χ0) is 16.6. The van der Waals surface area contributed by atoms with Gasteiger partial charge in [-0.15, -0.1) is 0 Å². The maximum Gasteiger partial charge on any atom is 0.342 e. The molecule has 0 aliphatic rings. The highest BCUT2D eigenvalue weighted by molar-refractivity contribution is 9.10. The molecule has 2 aromatic rings. The number of aromatic hydroxyl groups is 1. The molecule has 22 heavy (non-hydrogen) atoms. The number of non-ortho nitro benzene ring substituents is 1. The summed E-state index contributed by atoms with van der Waals surface area (Å²) in [4.78, 5) is 34.4. The van der Waals surface area contributed by atoms with Crippen molar-refractivity contribution in [3.63, 3.8) is 0 Å². The summed E-state index contributed by atoms with van der Waals surface area (Å²) in [5.41, 5.74) is -1.23. The van der Waals surface area contributed by atoms with Gasteiger partial charge >= 0.3 is 5.97 Å². The van der Waals surface area contributed by atoms with E-state index in [4.69, 9.17) is 4.74 Å². The van der Waals surface area contributed by atoms with Crippen LogP contribution in [0.3, 0.4) is 0 Å². The summed E-state index contributed by atoms with van der Waals surface area (Å²) in [6.07, 6.45) is 0. The van der Waals surface area contributed by atoms with Crippen LogP contribution in [-0.4, -0.2) is 27.2 Å². The lowest BCUT2D eigenvalue weighted by Crippen LogP contribution is -2.21. The first kappa shape index (κ1) is 16.0. The molecule has 0 bridgehead atoms. The van der Waals surface area contributed by atoms with Gasteiger partial charge in [0.2, 0.25) is 0 Å². The summed E-state index contributed by atoms with van der Waals surface area (Å²) in [6, 6.07) is 2.33. The Morgan fingerprint density at radius 1 is 1.50 bits per heavy atom. The van der Waals surface area contributed by atoms with E-state index in [1.807, 2.05) is 0 Å². The van der Waals surface area contributed by atoms with Crippen LogP contribution in [0.15, 0.2) is 21.4 Å². The predicted octanol–water partition coefficient (Wildman–Crippen LogP) is 2.09. The molecule has 0 spiro atoms. The molecule has 1 heterocycles. The zero-order valence-electron chi connectivity index (χ0n) is 11.6. The van der Waals surface area contributed by atoms with Crippen LogP contribution in [0, 0.1) is 10.1 Å². The number of rotatable bonds is 3. The van der Waals surface area contributed by atoms with E-state index in [0.717, 1.165) is 10.6 Å². The highest BCUT2D eigenvalue weighted by atomic mass is 79.9. The third-order valence-electron chi connectivity index (χ3n) is 3.09. The maximum atomic E-state index is 12.0. The van der Waals surface area contributed by atoms with Crippen molar-refractivity contribution in [2.24, 2.45) is 7.05 Å². The van der Waals surface area contributed by atoms with E-state index in [-0.39, 0.29) is 33.2 Å². The van der Waals surface area contributed by atoms with Gasteiger partial charge in [0.25, 0.3) is 11.2 Å². The fourth-order valence-electron chi connectivity index (χ4n) is 2.13. The third kappa shape index (κ3) is 2.43. The fraction of sp³-hybridized carbons (Fsp3) is 0.231. The van der Waals surface area contributed by atoms with Crippen LogP contribution < -0.4 is 5.56 Å². The van der Waals surface area contributed by atoms with Gasteiger partial charge in [-0.25, -0.2) is 4.79 Å². The quantitative estimate of drug-likeness (QED) is 0.502. The number of nitro groups is 1. The van der Waals surface area contributed by atoms with Crippen molar-refractivity contribution < 1.29 is 19.6 Å². The zero-order valence-corrected chi connectivity index (χ0v) is 13.2. The lowest BCUT2D eigenvalue weighted by atomic mass is 10.1. The van der Waals surface area contributed by atoms with Gasteiger partial charge in [0.15, 0.2) is 5.75 Å². The molecule has 116 valence electrons. The first-order chi connectivity index (χ1) is 10.3. The van der Waals surface area contributed by atoms with E-state index in [9.17, 15) is 24.8 Å². The number of hydrogen-bond donors (Lipinski definition) is 1. The van der Waals surface area contributed by atoms with Crippen LogP contribution in [0.1, 0.15) is 17.3 Å². The van der Waals surface area contributed by atoms with Gasteiger partial charge in [-0.3, -0.25) is 14.9 Å². The molecule has 0 aliphatic heterocycles. The lowest BCUT2D eigenvalue weighted by molar-refractivity contribution is -0.384. The minimum Gasteiger partial charge on any atom is -0.502 e. The molecular formula is C13H11BrN2O6. The number of aryl methyl sites for hydroxylation is 1. The summed E-state index contributed by atoms with van der Waals surface area (Å²) in [5.74, 6) is -1.73. The number of esters is 1. The van der Waals surface area contributed by atoms with Crippen LogP contribution in [-0.2, 0) is 11.8 Å². The van der Waals surface area contributed by atoms with Gasteiger partial charge in [-0.1, -0.05) is 0 Å². The second-order valence-electron chi connectivity index (χ2n) is 4.39. The van der Waals surface area contributed by atoms with Crippen molar-refractivity contribution in [3.05, 3.63) is 42.6 Å². The number of fused-ring (bicyclic) bond motifs is 1. The molecule has 9 heteroatoms. The maximum absolute atomic E-state index is 12.0. The number of carbonyl (C=O) groups is 1. The highest BCUT2D eigenvalue weighted by Crippen LogP contribution is 2.33. The Hall–Kier alpha value is -2.42. The molecule has 0 atom stereocenters. The molecule has 0 unspecified atom stereocenters. The Balaban J connectivity index is 3.01. The van der Waals surface area contributed by atoms with Gasteiger partial charge in [0.1, 0.15) is 5.56 Å². The molecule has 0 saturated carbocycles. The van der Waals surface area contributed by atoms with Crippen molar-refractivity contribution in [2.45, 2.75) is 6.92 Å². The van der Waals surface area contributed by atoms with Crippen molar-refractivity contribution in [2.75, 3.05) is 6.61 Å². The standard InChI is InChI=1S/C13H11BrN2O6/c1-3-22-13(19)9-7-4-6(16(20)21)5-8(14)10(7)15(2)12(18)11(9)17/h4-5,17H,3H2,1-2H3. The van der Waals surface area contributed by atoms with Crippen molar-refractivity contribution in [1.29, 1.82) is 0 Å². The monoisotopic (exact) mass is 370 g/mol. The number of hydrogen-bond acceptors (Lipinski definition) is 6. The van der Waals surface area contributed by atoms with E-state index >= 15 is 0 Å². The normalized spacial score (nSPS) is 10.7. The number of nitro benzene ring substituents is 1. The second kappa shape index (κ2) is 5.76. The second-order valence-corrected chi connectivity index (χ2v) is 5.24. The van der Waals surface area contributed by atoms with E-state index in [2.05, 4.69) is 15.9 Å². The van der Waals surface area contributed by atoms with Gasteiger partial charge in [-0.05, 0) is 22.9 Å². The van der Waals surface area contributed by atoms with Crippen LogP contribution in [0.2, 0.25) is 0 Å². The number of aromatic nitrogens is 1. The number of carbonyl (C=O) groups excluding carboxylic acids is 1. The van der Waals surface area contributed by atoms with E-state index < -0.39 is 22.2 Å². The molecule has 0 radical (unpaired) electrons. The molecule has 2 rings (SSSR count). The predicted molar refractivity (Wildman–Crippen MR) is 81.2 cm³/mol. The minimum absolute atomic E-state index is 0.0328. The average Bonchev–Trinajstić information content (AvgIpc) is 2.44. The van der Waals surface area contributed by atoms with Gasteiger partial charge in [-0.2, -0.15) is 0 Å². The Labute approximate surface area is 132 Å². The third-order valence-corrected chi connectivity index (χ3v) is 3.69. The minimum atomic E-state index is -0.921. The summed E-state index contributed by atoms with van der Waals surface area (Å²) in [6.45, 7) is 1.60. The van der Waals surface area contributed by atoms with Gasteiger partial charge in [0, 0.05) is 29.0 Å². The first-order valence-corrected chi connectivity index (χ1v) is 6.95. The summed E-state index contributed by atoms with van der Waals surface area (Å²) >= 11 is 3.15. The SMILES string of the molecule is CCOC(=O)c1c(O)c(=O)n(C)c2c(Br)cc([N+](=O)[O-])cc12. The molecule has 1 aromatic heterocycles. The molecule has 0 aliphatic carbocycles. The topological polar surface area (TPSA) is 112 Å². The molecule has 1 aromatic carbocycles. The molecular weight excluding hydrogens is 360 g/mol. The molecule has 1 N–H and O–H groups in total. The Bertz CT molecular complexity index is 858. The highest BCUT2D eigenvalue weighted by Gasteiger charge is 2.25. The number of pyridine rings is 1. The number of ether oxygens (including phenoxy) is 1. The summed E-state index contributed by atoms with van der Waals surface area (Å²) < 4.78 is 6.17. The van der Waals surface area contributed by atoms with E-state index in [1.54, 1.807) is 6.92 Å². The van der Waals surface area contributed by atoms with Crippen LogP contribution in [0.4, 0.5) is 5.69 Å². The summed E-state index contributed by atoms with van der Waals surface area (Å²) in [7, 11) is 1.38. The number of benzene rings is 1. The van der Waals surface area contributed by atoms with Gasteiger partial charge < -0.3 is 14.4 Å². The van der Waals surface area contributed by atoms with Crippen LogP contribution in [0.25, 0.3) is 10.9 Å².